The van der Waals surface area contributed by atoms with E-state index in [2.05, 4.69) is 5.32 Å². The highest BCUT2D eigenvalue weighted by Gasteiger charge is 2.25. The average molecular weight is 854 g/mol. The summed E-state index contributed by atoms with van der Waals surface area (Å²) >= 11 is 0. The Balaban J connectivity index is 1.30. The van der Waals surface area contributed by atoms with Gasteiger partial charge in [-0.05, 0) is 62.1 Å². The quantitative estimate of drug-likeness (QED) is 0.0259. The van der Waals surface area contributed by atoms with Crippen LogP contribution < -0.4 is 38.8 Å². The molecule has 0 fully saturated rings. The highest BCUT2D eigenvalue weighted by molar-refractivity contribution is 6.54. The number of hydrogen-bond donors (Lipinski definition) is 6. The van der Waals surface area contributed by atoms with Crippen molar-refractivity contribution in [2.24, 2.45) is 0 Å². The summed E-state index contributed by atoms with van der Waals surface area (Å²) in [5, 5.41) is 43.6. The molecule has 0 radical (unpaired) electrons. The van der Waals surface area contributed by atoms with E-state index in [0.29, 0.717) is 11.2 Å². The highest BCUT2D eigenvalue weighted by atomic mass is 16.5. The summed E-state index contributed by atoms with van der Waals surface area (Å²) in [4.78, 5) is 106. The standard InChI is InChI=1S/C40H44BN9O12/c42-28-19-17-27(18-20-28)41-46(40(58)32-12-6-16-36(54)50(32)62)26-8-25-45(39(57)31-11-5-15-35(53)49(31)61)23-2-1-22-44(38(56)30-10-4-14-34(52)48(30)60)24-7-21-43-37(55)29-9-3-13-33(51)47(29)59/h3-6,9-20,41,59-62H,1-2,7-8,21-26,42H2,(H,43,55). The molecule has 4 amide bonds. The number of rotatable bonds is 19. The lowest BCUT2D eigenvalue weighted by Gasteiger charge is -2.27. The summed E-state index contributed by atoms with van der Waals surface area (Å²) in [6.45, 7) is 0.0559. The number of nitrogen functional groups attached to an aromatic ring is 1. The van der Waals surface area contributed by atoms with Crippen molar-refractivity contribution in [3.63, 3.8) is 0 Å². The number of amides is 4. The number of nitrogens with zero attached hydrogens (tertiary/aromatic N) is 7. The van der Waals surface area contributed by atoms with Crippen molar-refractivity contribution in [3.05, 3.63) is 161 Å². The summed E-state index contributed by atoms with van der Waals surface area (Å²) in [6, 6.07) is 21.3. The first kappa shape index (κ1) is 45.1. The lowest BCUT2D eigenvalue weighted by Crippen LogP contribution is -2.44. The van der Waals surface area contributed by atoms with Gasteiger partial charge in [0.15, 0.2) is 0 Å². The van der Waals surface area contributed by atoms with Crippen LogP contribution in [0.4, 0.5) is 5.69 Å². The van der Waals surface area contributed by atoms with Crippen LogP contribution in [0, 0.1) is 0 Å². The fourth-order valence-corrected chi connectivity index (χ4v) is 6.42. The van der Waals surface area contributed by atoms with Gasteiger partial charge in [0.05, 0.1) is 0 Å². The Morgan fingerprint density at radius 3 is 1.35 bits per heavy atom. The monoisotopic (exact) mass is 853 g/mol. The molecule has 0 bridgehead atoms. The zero-order valence-corrected chi connectivity index (χ0v) is 33.3. The molecule has 0 unspecified atom stereocenters. The van der Waals surface area contributed by atoms with Crippen LogP contribution in [-0.2, 0) is 0 Å². The Morgan fingerprint density at radius 1 is 0.500 bits per heavy atom. The van der Waals surface area contributed by atoms with Crippen molar-refractivity contribution in [3.8, 4) is 0 Å². The lowest BCUT2D eigenvalue weighted by molar-refractivity contribution is 0.0653. The molecular weight excluding hydrogens is 809 g/mol. The maximum atomic E-state index is 13.9. The van der Waals surface area contributed by atoms with Crippen LogP contribution in [0.1, 0.15) is 67.6 Å². The lowest BCUT2D eigenvalue weighted by atomic mass is 9.79. The van der Waals surface area contributed by atoms with Crippen molar-refractivity contribution in [1.29, 1.82) is 0 Å². The van der Waals surface area contributed by atoms with Crippen LogP contribution in [0.5, 0.6) is 0 Å². The van der Waals surface area contributed by atoms with Crippen molar-refractivity contribution >= 4 is 42.2 Å². The fraction of sp³-hybridized carbons (Fsp3) is 0.250. The summed E-state index contributed by atoms with van der Waals surface area (Å²) in [5.41, 5.74) is 2.42. The summed E-state index contributed by atoms with van der Waals surface area (Å²) in [7, 11) is 0.0381. The van der Waals surface area contributed by atoms with Crippen molar-refractivity contribution < 1.29 is 40.0 Å². The second-order valence-electron chi connectivity index (χ2n) is 14.0. The first-order valence-corrected chi connectivity index (χ1v) is 19.3. The minimum atomic E-state index is -0.850. The predicted molar refractivity (Wildman–Crippen MR) is 223 cm³/mol. The van der Waals surface area contributed by atoms with E-state index in [0.717, 1.165) is 24.3 Å². The zero-order chi connectivity index (χ0) is 44.9. The van der Waals surface area contributed by atoms with Crippen molar-refractivity contribution in [1.82, 2.24) is 38.8 Å². The van der Waals surface area contributed by atoms with Crippen LogP contribution in [0.3, 0.4) is 0 Å². The van der Waals surface area contributed by atoms with Crippen molar-refractivity contribution in [2.75, 3.05) is 45.0 Å². The minimum Gasteiger partial charge on any atom is -0.425 e. The number of aromatic nitrogens is 4. The molecule has 0 saturated carbocycles. The number of pyridine rings is 4. The number of unbranched alkanes of at least 4 members (excludes halogenated alkanes) is 1. The van der Waals surface area contributed by atoms with Crippen LogP contribution in [-0.4, -0.2) is 125 Å². The van der Waals surface area contributed by atoms with Crippen LogP contribution >= 0.6 is 0 Å². The number of carbonyl (C=O) groups excluding carboxylic acids is 4. The molecule has 21 nitrogen and oxygen atoms in total. The molecule has 4 aromatic heterocycles. The van der Waals surface area contributed by atoms with Gasteiger partial charge in [0.1, 0.15) is 22.8 Å². The largest absolute Gasteiger partial charge is 0.425 e. The van der Waals surface area contributed by atoms with E-state index in [-0.39, 0.29) is 114 Å². The Hall–Kier alpha value is -8.04. The van der Waals surface area contributed by atoms with Crippen molar-refractivity contribution in [2.45, 2.75) is 25.7 Å². The highest BCUT2D eigenvalue weighted by Crippen LogP contribution is 2.11. The molecule has 0 aliphatic rings. The molecule has 22 heteroatoms. The molecule has 5 rings (SSSR count). The van der Waals surface area contributed by atoms with E-state index in [9.17, 15) is 59.2 Å². The minimum absolute atomic E-state index is 0.00683. The smallest absolute Gasteiger partial charge is 0.283 e. The topological polar surface area (TPSA) is 285 Å². The molecule has 7 N–H and O–H groups in total. The predicted octanol–water partition coefficient (Wildman–Crippen LogP) is -0.741. The van der Waals surface area contributed by atoms with Crippen LogP contribution in [0.15, 0.2) is 116 Å². The average Bonchev–Trinajstić information content (AvgIpc) is 3.25. The van der Waals surface area contributed by atoms with Gasteiger partial charge in [0.2, 0.25) is 0 Å². The molecule has 5 aromatic rings. The van der Waals surface area contributed by atoms with Crippen LogP contribution in [0.2, 0.25) is 0 Å². The van der Waals surface area contributed by atoms with E-state index in [1.165, 1.54) is 63.1 Å². The van der Waals surface area contributed by atoms with Gasteiger partial charge in [-0.3, -0.25) is 38.4 Å². The summed E-state index contributed by atoms with van der Waals surface area (Å²) in [6.07, 6.45) is 0.795. The van der Waals surface area contributed by atoms with E-state index >= 15 is 0 Å². The van der Waals surface area contributed by atoms with Gasteiger partial charge in [-0.25, -0.2) is 0 Å². The molecule has 0 spiro atoms. The third kappa shape index (κ3) is 11.2. The molecule has 324 valence electrons. The first-order valence-electron chi connectivity index (χ1n) is 19.3. The molecule has 0 aliphatic carbocycles. The molecule has 62 heavy (non-hydrogen) atoms. The fourth-order valence-electron chi connectivity index (χ4n) is 6.42. The number of anilines is 1. The van der Waals surface area contributed by atoms with Gasteiger partial charge in [-0.1, -0.05) is 41.9 Å². The number of nitrogens with one attached hydrogen (secondary N) is 1. The van der Waals surface area contributed by atoms with Gasteiger partial charge in [-0.15, -0.1) is 18.9 Å². The van der Waals surface area contributed by atoms with Gasteiger partial charge >= 0.3 is 0 Å². The molecule has 0 atom stereocenters. The second kappa shape index (κ2) is 20.8. The number of nitrogens with two attached hydrogens (primary N) is 1. The maximum absolute atomic E-state index is 13.9. The number of carbonyl (C=O) groups is 4. The molecule has 1 aromatic carbocycles. The molecule has 0 saturated heterocycles. The number of benzene rings is 1. The molecule has 0 aliphatic heterocycles. The van der Waals surface area contributed by atoms with E-state index < -0.39 is 45.9 Å². The Morgan fingerprint density at radius 2 is 0.887 bits per heavy atom. The second-order valence-corrected chi connectivity index (χ2v) is 14.0. The summed E-state index contributed by atoms with van der Waals surface area (Å²) < 4.78 is 0.864. The summed E-state index contributed by atoms with van der Waals surface area (Å²) in [5.74, 6) is -2.88. The number of hydrogen-bond acceptors (Lipinski definition) is 13. The molecular formula is C40H44BN9O12. The Kier molecular flexibility index (Phi) is 15.1. The Labute approximate surface area is 352 Å². The van der Waals surface area contributed by atoms with Gasteiger partial charge in [0, 0.05) is 69.2 Å². The van der Waals surface area contributed by atoms with Gasteiger partial charge < -0.3 is 46.5 Å². The first-order chi connectivity index (χ1) is 29.7. The SMILES string of the molecule is Nc1ccc(BN(CCCN(CCCCN(CCCNC(=O)c2cccc(=O)n2O)C(=O)c2cccc(=O)n2O)C(=O)c2cccc(=O)n2O)C(=O)c2cccc(=O)n2O)cc1. The zero-order valence-electron chi connectivity index (χ0n) is 33.3. The van der Waals surface area contributed by atoms with Gasteiger partial charge in [0.25, 0.3) is 53.3 Å². The third-order valence-electron chi connectivity index (χ3n) is 9.68. The molecule has 4 heterocycles. The third-order valence-corrected chi connectivity index (χ3v) is 9.68. The van der Waals surface area contributed by atoms with E-state index in [4.69, 9.17) is 5.73 Å². The normalized spacial score (nSPS) is 10.8. The van der Waals surface area contributed by atoms with Gasteiger partial charge in [-0.2, -0.15) is 0 Å². The maximum Gasteiger partial charge on any atom is 0.283 e. The van der Waals surface area contributed by atoms with Crippen LogP contribution in [0.25, 0.3) is 0 Å². The van der Waals surface area contributed by atoms with E-state index in [1.54, 1.807) is 24.3 Å². The van der Waals surface area contributed by atoms with E-state index in [1.807, 2.05) is 0 Å². The Bertz CT molecular complexity index is 2660.